The van der Waals surface area contributed by atoms with Crippen molar-refractivity contribution in [1.29, 1.82) is 0 Å². The number of nitrogens with one attached hydrogen (secondary N) is 3. The van der Waals surface area contributed by atoms with E-state index in [2.05, 4.69) is 27.8 Å². The molecule has 0 spiro atoms. The summed E-state index contributed by atoms with van der Waals surface area (Å²) in [5.74, 6) is 0.490. The Labute approximate surface area is 95.0 Å². The molecular formula is C11H18N4O. The number of piperidine rings is 1. The van der Waals surface area contributed by atoms with Crippen molar-refractivity contribution in [2.45, 2.75) is 26.3 Å². The number of H-pyrrole nitrogens is 1. The Morgan fingerprint density at radius 3 is 3.06 bits per heavy atom. The standard InChI is InChI=1S/C11H18N4O/c1-7-3-4-12-6-10(7)14-11(16)9-5-13-15-8(9)2/h5,7,10,12H,3-4,6H2,1-2H3,(H,13,15)(H,14,16). The molecule has 2 unspecified atom stereocenters. The topological polar surface area (TPSA) is 69.8 Å². The van der Waals surface area contributed by atoms with E-state index in [1.807, 2.05) is 6.92 Å². The Kier molecular flexibility index (Phi) is 3.24. The maximum atomic E-state index is 11.9. The largest absolute Gasteiger partial charge is 0.348 e. The predicted molar refractivity (Wildman–Crippen MR) is 61.2 cm³/mol. The van der Waals surface area contributed by atoms with Crippen LogP contribution in [0.5, 0.6) is 0 Å². The minimum absolute atomic E-state index is 0.0354. The molecule has 0 aromatic carbocycles. The Morgan fingerprint density at radius 2 is 2.44 bits per heavy atom. The van der Waals surface area contributed by atoms with Crippen LogP contribution >= 0.6 is 0 Å². The number of aromatic amines is 1. The summed E-state index contributed by atoms with van der Waals surface area (Å²) in [6, 6.07) is 0.218. The summed E-state index contributed by atoms with van der Waals surface area (Å²) < 4.78 is 0. The molecule has 0 bridgehead atoms. The highest BCUT2D eigenvalue weighted by Crippen LogP contribution is 2.12. The van der Waals surface area contributed by atoms with Crippen LogP contribution in [0.1, 0.15) is 29.4 Å². The van der Waals surface area contributed by atoms with E-state index in [4.69, 9.17) is 0 Å². The molecule has 3 N–H and O–H groups in total. The molecule has 1 aromatic heterocycles. The van der Waals surface area contributed by atoms with Gasteiger partial charge in [-0.1, -0.05) is 6.92 Å². The molecule has 1 aromatic rings. The Morgan fingerprint density at radius 1 is 1.62 bits per heavy atom. The highest BCUT2D eigenvalue weighted by atomic mass is 16.1. The van der Waals surface area contributed by atoms with Crippen molar-refractivity contribution < 1.29 is 4.79 Å². The number of carbonyl (C=O) groups excluding carboxylic acids is 1. The van der Waals surface area contributed by atoms with Crippen molar-refractivity contribution in [2.75, 3.05) is 13.1 Å². The first kappa shape index (κ1) is 11.1. The third-order valence-corrected chi connectivity index (χ3v) is 3.22. The monoisotopic (exact) mass is 222 g/mol. The lowest BCUT2D eigenvalue weighted by molar-refractivity contribution is 0.0914. The summed E-state index contributed by atoms with van der Waals surface area (Å²) in [6.07, 6.45) is 2.68. The molecule has 16 heavy (non-hydrogen) atoms. The van der Waals surface area contributed by atoms with Crippen LogP contribution in [-0.2, 0) is 0 Å². The fourth-order valence-corrected chi connectivity index (χ4v) is 2.01. The van der Waals surface area contributed by atoms with Gasteiger partial charge >= 0.3 is 0 Å². The summed E-state index contributed by atoms with van der Waals surface area (Å²) in [5, 5.41) is 13.0. The van der Waals surface area contributed by atoms with Gasteiger partial charge in [-0.3, -0.25) is 9.89 Å². The lowest BCUT2D eigenvalue weighted by Gasteiger charge is -2.30. The van der Waals surface area contributed by atoms with Crippen molar-refractivity contribution in [3.63, 3.8) is 0 Å². The molecule has 2 heterocycles. The van der Waals surface area contributed by atoms with Crippen LogP contribution in [0.15, 0.2) is 6.20 Å². The fourth-order valence-electron chi connectivity index (χ4n) is 2.01. The molecule has 2 rings (SSSR count). The fraction of sp³-hybridized carbons (Fsp3) is 0.636. The van der Waals surface area contributed by atoms with E-state index in [1.165, 1.54) is 0 Å². The predicted octanol–water partition coefficient (Wildman–Crippen LogP) is 0.446. The maximum absolute atomic E-state index is 11.9. The highest BCUT2D eigenvalue weighted by molar-refractivity contribution is 5.95. The lowest BCUT2D eigenvalue weighted by Crippen LogP contribution is -2.50. The van der Waals surface area contributed by atoms with Gasteiger partial charge in [0.1, 0.15) is 0 Å². The van der Waals surface area contributed by atoms with Gasteiger partial charge in [-0.2, -0.15) is 5.10 Å². The van der Waals surface area contributed by atoms with Crippen molar-refractivity contribution in [3.05, 3.63) is 17.5 Å². The van der Waals surface area contributed by atoms with Crippen LogP contribution in [0.25, 0.3) is 0 Å². The van der Waals surface area contributed by atoms with Gasteiger partial charge in [-0.05, 0) is 25.8 Å². The number of aromatic nitrogens is 2. The summed E-state index contributed by atoms with van der Waals surface area (Å²) in [4.78, 5) is 11.9. The molecule has 0 saturated carbocycles. The van der Waals surface area contributed by atoms with E-state index in [0.717, 1.165) is 25.2 Å². The first-order chi connectivity index (χ1) is 7.68. The third-order valence-electron chi connectivity index (χ3n) is 3.22. The van der Waals surface area contributed by atoms with Crippen LogP contribution in [0.2, 0.25) is 0 Å². The number of amides is 1. The number of hydrogen-bond donors (Lipinski definition) is 3. The van der Waals surface area contributed by atoms with Gasteiger partial charge in [-0.25, -0.2) is 0 Å². The summed E-state index contributed by atoms with van der Waals surface area (Å²) in [5.41, 5.74) is 1.45. The molecule has 1 aliphatic rings. The second kappa shape index (κ2) is 4.65. The van der Waals surface area contributed by atoms with E-state index in [1.54, 1.807) is 6.20 Å². The average molecular weight is 222 g/mol. The van der Waals surface area contributed by atoms with E-state index >= 15 is 0 Å². The van der Waals surface area contributed by atoms with E-state index in [9.17, 15) is 4.79 Å². The highest BCUT2D eigenvalue weighted by Gasteiger charge is 2.23. The third kappa shape index (κ3) is 2.24. The zero-order chi connectivity index (χ0) is 11.5. The quantitative estimate of drug-likeness (QED) is 0.680. The van der Waals surface area contributed by atoms with Crippen molar-refractivity contribution in [2.24, 2.45) is 5.92 Å². The van der Waals surface area contributed by atoms with E-state index in [0.29, 0.717) is 11.5 Å². The Bertz CT molecular complexity index is 374. The molecule has 5 nitrogen and oxygen atoms in total. The van der Waals surface area contributed by atoms with Crippen LogP contribution in [0.3, 0.4) is 0 Å². The van der Waals surface area contributed by atoms with E-state index < -0.39 is 0 Å². The molecule has 1 saturated heterocycles. The van der Waals surface area contributed by atoms with Gasteiger partial charge in [0.2, 0.25) is 0 Å². The molecular weight excluding hydrogens is 204 g/mol. The van der Waals surface area contributed by atoms with Gasteiger partial charge < -0.3 is 10.6 Å². The number of nitrogens with zero attached hydrogens (tertiary/aromatic N) is 1. The Balaban J connectivity index is 1.99. The lowest BCUT2D eigenvalue weighted by atomic mass is 9.94. The van der Waals surface area contributed by atoms with Crippen LogP contribution in [0.4, 0.5) is 0 Å². The molecule has 5 heteroatoms. The van der Waals surface area contributed by atoms with Crippen LogP contribution < -0.4 is 10.6 Å². The molecule has 1 fully saturated rings. The van der Waals surface area contributed by atoms with Crippen molar-refractivity contribution in [3.8, 4) is 0 Å². The summed E-state index contributed by atoms with van der Waals surface area (Å²) >= 11 is 0. The minimum Gasteiger partial charge on any atom is -0.348 e. The second-order valence-electron chi connectivity index (χ2n) is 4.46. The number of aryl methyl sites for hydroxylation is 1. The van der Waals surface area contributed by atoms with E-state index in [-0.39, 0.29) is 11.9 Å². The summed E-state index contributed by atoms with van der Waals surface area (Å²) in [6.45, 7) is 5.92. The number of carbonyl (C=O) groups is 1. The zero-order valence-corrected chi connectivity index (χ0v) is 9.71. The van der Waals surface area contributed by atoms with Crippen LogP contribution in [-0.4, -0.2) is 35.2 Å². The van der Waals surface area contributed by atoms with Gasteiger partial charge in [0.15, 0.2) is 0 Å². The van der Waals surface area contributed by atoms with Crippen LogP contribution in [0, 0.1) is 12.8 Å². The second-order valence-corrected chi connectivity index (χ2v) is 4.46. The molecule has 1 amide bonds. The Hall–Kier alpha value is -1.36. The van der Waals surface area contributed by atoms with Gasteiger partial charge in [0.05, 0.1) is 11.8 Å². The van der Waals surface area contributed by atoms with Gasteiger partial charge in [0, 0.05) is 18.3 Å². The average Bonchev–Trinajstić information content (AvgIpc) is 2.68. The normalized spacial score (nSPS) is 25.4. The summed E-state index contributed by atoms with van der Waals surface area (Å²) in [7, 11) is 0. The molecule has 0 aliphatic carbocycles. The number of hydrogen-bond acceptors (Lipinski definition) is 3. The minimum atomic E-state index is -0.0354. The van der Waals surface area contributed by atoms with Crippen molar-refractivity contribution in [1.82, 2.24) is 20.8 Å². The molecule has 0 radical (unpaired) electrons. The molecule has 1 aliphatic heterocycles. The van der Waals surface area contributed by atoms with Gasteiger partial charge in [-0.15, -0.1) is 0 Å². The van der Waals surface area contributed by atoms with Crippen molar-refractivity contribution >= 4 is 5.91 Å². The maximum Gasteiger partial charge on any atom is 0.255 e. The molecule has 88 valence electrons. The first-order valence-corrected chi connectivity index (χ1v) is 5.70. The first-order valence-electron chi connectivity index (χ1n) is 5.70. The zero-order valence-electron chi connectivity index (χ0n) is 9.71. The van der Waals surface area contributed by atoms with Gasteiger partial charge in [0.25, 0.3) is 5.91 Å². The number of rotatable bonds is 2. The molecule has 2 atom stereocenters. The smallest absolute Gasteiger partial charge is 0.255 e. The SMILES string of the molecule is Cc1[nH]ncc1C(=O)NC1CNCCC1C.